The number of hydrogen-bond donors (Lipinski definition) is 0. The average Bonchev–Trinajstić information content (AvgIpc) is 2.86. The fraction of sp³-hybridized carbons (Fsp3) is 0.462. The summed E-state index contributed by atoms with van der Waals surface area (Å²) in [4.78, 5) is 27.6. The second kappa shape index (κ2) is 13.5. The van der Waals surface area contributed by atoms with E-state index in [-0.39, 0.29) is 23.8 Å². The van der Waals surface area contributed by atoms with E-state index in [1.807, 2.05) is 48.2 Å². The first kappa shape index (κ1) is 25.4. The SMILES string of the molecule is CC(=O)C1COCCN1Cc1ccccc1.COC(=O)C1CSCCN1Cc1ccccc1. The van der Waals surface area contributed by atoms with E-state index in [1.54, 1.807) is 6.92 Å². The van der Waals surface area contributed by atoms with Gasteiger partial charge in [0.2, 0.25) is 0 Å². The van der Waals surface area contributed by atoms with Crippen molar-refractivity contribution in [3.63, 3.8) is 0 Å². The highest BCUT2D eigenvalue weighted by molar-refractivity contribution is 7.99. The lowest BCUT2D eigenvalue weighted by atomic mass is 10.1. The largest absolute Gasteiger partial charge is 0.468 e. The molecule has 0 aromatic heterocycles. The molecule has 178 valence electrons. The van der Waals surface area contributed by atoms with Crippen LogP contribution < -0.4 is 0 Å². The van der Waals surface area contributed by atoms with Crippen molar-refractivity contribution in [1.82, 2.24) is 9.80 Å². The molecule has 0 aliphatic carbocycles. The van der Waals surface area contributed by atoms with Crippen LogP contribution in [0.5, 0.6) is 0 Å². The number of ether oxygens (including phenoxy) is 2. The van der Waals surface area contributed by atoms with E-state index in [0.717, 1.165) is 44.3 Å². The van der Waals surface area contributed by atoms with Crippen LogP contribution >= 0.6 is 11.8 Å². The summed E-state index contributed by atoms with van der Waals surface area (Å²) in [6, 6.07) is 20.3. The number of Topliss-reactive ketones (excluding diaryl/α,β-unsaturated/α-hetero) is 1. The summed E-state index contributed by atoms with van der Waals surface area (Å²) in [5.41, 5.74) is 2.49. The molecule has 2 aliphatic rings. The van der Waals surface area contributed by atoms with E-state index in [1.165, 1.54) is 18.2 Å². The molecule has 2 unspecified atom stereocenters. The molecule has 0 spiro atoms. The molecule has 2 saturated heterocycles. The molecule has 2 heterocycles. The highest BCUT2D eigenvalue weighted by Gasteiger charge is 2.29. The lowest BCUT2D eigenvalue weighted by Gasteiger charge is -2.33. The third kappa shape index (κ3) is 7.96. The Morgan fingerprint density at radius 3 is 2.06 bits per heavy atom. The molecule has 33 heavy (non-hydrogen) atoms. The van der Waals surface area contributed by atoms with E-state index < -0.39 is 0 Å². The van der Waals surface area contributed by atoms with Gasteiger partial charge in [-0.25, -0.2) is 0 Å². The van der Waals surface area contributed by atoms with Crippen LogP contribution in [0, 0.1) is 0 Å². The monoisotopic (exact) mass is 470 g/mol. The second-order valence-corrected chi connectivity index (χ2v) is 9.38. The number of methoxy groups -OCH3 is 1. The second-order valence-electron chi connectivity index (χ2n) is 8.23. The summed E-state index contributed by atoms with van der Waals surface area (Å²) >= 11 is 1.82. The van der Waals surface area contributed by atoms with Crippen LogP contribution in [0.3, 0.4) is 0 Å². The van der Waals surface area contributed by atoms with Crippen molar-refractivity contribution >= 4 is 23.5 Å². The molecule has 2 aromatic rings. The van der Waals surface area contributed by atoms with Crippen LogP contribution in [-0.2, 0) is 32.2 Å². The van der Waals surface area contributed by atoms with Crippen molar-refractivity contribution in [2.45, 2.75) is 32.1 Å². The minimum absolute atomic E-state index is 0.0750. The maximum Gasteiger partial charge on any atom is 0.323 e. The van der Waals surface area contributed by atoms with Gasteiger partial charge in [0.05, 0.1) is 26.4 Å². The number of hydrogen-bond acceptors (Lipinski definition) is 7. The molecule has 0 saturated carbocycles. The Balaban J connectivity index is 0.000000186. The van der Waals surface area contributed by atoms with E-state index in [2.05, 4.69) is 34.1 Å². The van der Waals surface area contributed by atoms with Crippen molar-refractivity contribution in [3.05, 3.63) is 71.8 Å². The van der Waals surface area contributed by atoms with Crippen molar-refractivity contribution < 1.29 is 19.1 Å². The number of esters is 1. The quantitative estimate of drug-likeness (QED) is 0.601. The Bertz CT molecular complexity index is 865. The van der Waals surface area contributed by atoms with Crippen molar-refractivity contribution in [3.8, 4) is 0 Å². The first-order chi connectivity index (χ1) is 16.1. The molecule has 7 heteroatoms. The van der Waals surface area contributed by atoms with Gasteiger partial charge in [-0.2, -0.15) is 11.8 Å². The molecule has 0 N–H and O–H groups in total. The molecule has 6 nitrogen and oxygen atoms in total. The summed E-state index contributed by atoms with van der Waals surface area (Å²) < 4.78 is 10.2. The van der Waals surface area contributed by atoms with Crippen molar-refractivity contribution in [1.29, 1.82) is 0 Å². The lowest BCUT2D eigenvalue weighted by Crippen LogP contribution is -2.48. The number of benzene rings is 2. The Labute approximate surface area is 201 Å². The van der Waals surface area contributed by atoms with Crippen LogP contribution in [0.1, 0.15) is 18.1 Å². The van der Waals surface area contributed by atoms with Gasteiger partial charge in [-0.05, 0) is 18.1 Å². The smallest absolute Gasteiger partial charge is 0.323 e. The molecule has 2 aromatic carbocycles. The Morgan fingerprint density at radius 1 is 0.939 bits per heavy atom. The fourth-order valence-electron chi connectivity index (χ4n) is 4.02. The average molecular weight is 471 g/mol. The molecule has 2 aliphatic heterocycles. The van der Waals surface area contributed by atoms with Gasteiger partial charge in [0.1, 0.15) is 11.8 Å². The van der Waals surface area contributed by atoms with Crippen LogP contribution in [-0.4, -0.2) is 78.6 Å². The van der Waals surface area contributed by atoms with E-state index in [4.69, 9.17) is 9.47 Å². The standard InChI is InChI=1S/C13H17NO2S.C13H17NO2/c1-16-13(15)12-10-17-8-7-14(12)9-11-5-3-2-4-6-11;1-11(15)13-10-16-8-7-14(13)9-12-5-3-2-4-6-12/h2-6,12H,7-10H2,1H3;2-6,13H,7-10H2,1H3. The lowest BCUT2D eigenvalue weighted by molar-refractivity contribution is -0.146. The van der Waals surface area contributed by atoms with E-state index in [9.17, 15) is 9.59 Å². The van der Waals surface area contributed by atoms with Crippen molar-refractivity contribution in [2.24, 2.45) is 0 Å². The summed E-state index contributed by atoms with van der Waals surface area (Å²) in [7, 11) is 1.46. The first-order valence-corrected chi connectivity index (χ1v) is 12.5. The number of ketones is 1. The summed E-state index contributed by atoms with van der Waals surface area (Å²) in [5.74, 6) is 1.99. The Hall–Kier alpha value is -2.19. The zero-order valence-electron chi connectivity index (χ0n) is 19.5. The van der Waals surface area contributed by atoms with Gasteiger partial charge in [-0.3, -0.25) is 19.4 Å². The van der Waals surface area contributed by atoms with Gasteiger partial charge in [0.25, 0.3) is 0 Å². The third-order valence-corrected chi connectivity index (χ3v) is 6.90. The van der Waals surface area contributed by atoms with Crippen LogP contribution in [0.2, 0.25) is 0 Å². The fourth-order valence-corrected chi connectivity index (χ4v) is 5.12. The van der Waals surface area contributed by atoms with Gasteiger partial charge >= 0.3 is 5.97 Å². The van der Waals surface area contributed by atoms with Gasteiger partial charge in [0, 0.05) is 37.7 Å². The molecule has 0 amide bonds. The minimum Gasteiger partial charge on any atom is -0.468 e. The maximum absolute atomic E-state index is 11.7. The molecule has 2 atom stereocenters. The van der Waals surface area contributed by atoms with Crippen molar-refractivity contribution in [2.75, 3.05) is 44.9 Å². The predicted octanol–water partition coefficient (Wildman–Crippen LogP) is 3.25. The molecule has 2 fully saturated rings. The molecular weight excluding hydrogens is 436 g/mol. The maximum atomic E-state index is 11.7. The minimum atomic E-state index is -0.117. The Kier molecular flexibility index (Phi) is 10.4. The first-order valence-electron chi connectivity index (χ1n) is 11.4. The van der Waals surface area contributed by atoms with Gasteiger partial charge in [0.15, 0.2) is 0 Å². The summed E-state index contributed by atoms with van der Waals surface area (Å²) in [6.07, 6.45) is 0. The summed E-state index contributed by atoms with van der Waals surface area (Å²) in [6.45, 7) is 6.31. The molecular formula is C26H34N2O4S. The third-order valence-electron chi connectivity index (χ3n) is 5.88. The van der Waals surface area contributed by atoms with Crippen LogP contribution in [0.4, 0.5) is 0 Å². The zero-order chi connectivity index (χ0) is 23.5. The number of nitrogens with zero attached hydrogens (tertiary/aromatic N) is 2. The van der Waals surface area contributed by atoms with Gasteiger partial charge in [-0.1, -0.05) is 60.7 Å². The number of morpholine rings is 1. The zero-order valence-corrected chi connectivity index (χ0v) is 20.3. The molecule has 0 bridgehead atoms. The number of rotatable bonds is 6. The molecule has 4 rings (SSSR count). The number of carbonyl (C=O) groups is 2. The highest BCUT2D eigenvalue weighted by atomic mass is 32.2. The molecule has 0 radical (unpaired) electrons. The van der Waals surface area contributed by atoms with Crippen LogP contribution in [0.15, 0.2) is 60.7 Å². The van der Waals surface area contributed by atoms with Crippen LogP contribution in [0.25, 0.3) is 0 Å². The number of carbonyl (C=O) groups excluding carboxylic acids is 2. The van der Waals surface area contributed by atoms with Gasteiger partial charge in [-0.15, -0.1) is 0 Å². The topological polar surface area (TPSA) is 59.1 Å². The Morgan fingerprint density at radius 2 is 1.52 bits per heavy atom. The van der Waals surface area contributed by atoms with E-state index in [0.29, 0.717) is 6.61 Å². The number of thioether (sulfide) groups is 1. The highest BCUT2D eigenvalue weighted by Crippen LogP contribution is 2.20. The predicted molar refractivity (Wildman–Crippen MR) is 132 cm³/mol. The summed E-state index contributed by atoms with van der Waals surface area (Å²) in [5, 5.41) is 0. The normalized spacial score (nSPS) is 21.5. The van der Waals surface area contributed by atoms with Gasteiger partial charge < -0.3 is 9.47 Å². The van der Waals surface area contributed by atoms with E-state index >= 15 is 0 Å².